The maximum absolute atomic E-state index is 11.8. The van der Waals surface area contributed by atoms with Gasteiger partial charge in [0.15, 0.2) is 0 Å². The second-order valence-electron chi connectivity index (χ2n) is 11.2. The SMILES string of the molecule is Cc1c(COc2cc(OCc3cncc(C#N)c3)c(CNC(C)(CO)C(=O)O)cc2Cl)cccc1-c1cccc(OCCCBr)c1C. The fourth-order valence-electron chi connectivity index (χ4n) is 4.82. The predicted octanol–water partition coefficient (Wildman–Crippen LogP) is 7.14. The van der Waals surface area contributed by atoms with Gasteiger partial charge in [-0.3, -0.25) is 15.1 Å². The average Bonchev–Trinajstić information content (AvgIpc) is 3.07. The van der Waals surface area contributed by atoms with Crippen molar-refractivity contribution in [2.75, 3.05) is 18.5 Å². The number of rotatable bonds is 16. The Labute approximate surface area is 288 Å². The van der Waals surface area contributed by atoms with Crippen LogP contribution in [-0.2, 0) is 24.6 Å². The van der Waals surface area contributed by atoms with E-state index in [9.17, 15) is 20.3 Å². The molecule has 0 amide bonds. The molecule has 0 fully saturated rings. The number of ether oxygens (including phenoxy) is 3. The Hall–Kier alpha value is -4.14. The summed E-state index contributed by atoms with van der Waals surface area (Å²) in [5.74, 6) is 0.425. The molecule has 0 bridgehead atoms. The summed E-state index contributed by atoms with van der Waals surface area (Å²) in [7, 11) is 0. The zero-order valence-corrected chi connectivity index (χ0v) is 28.8. The number of aliphatic carboxylic acids is 1. The number of pyridine rings is 1. The van der Waals surface area contributed by atoms with Gasteiger partial charge in [0.25, 0.3) is 0 Å². The molecule has 3 N–H and O–H groups in total. The average molecular weight is 723 g/mol. The summed E-state index contributed by atoms with van der Waals surface area (Å²) >= 11 is 10.1. The minimum absolute atomic E-state index is 0.0363. The lowest BCUT2D eigenvalue weighted by Crippen LogP contribution is -2.52. The van der Waals surface area contributed by atoms with E-state index in [0.717, 1.165) is 45.3 Å². The Morgan fingerprint density at radius 3 is 2.40 bits per heavy atom. The number of nitrogens with one attached hydrogen (secondary N) is 1. The zero-order chi connectivity index (χ0) is 34.0. The van der Waals surface area contributed by atoms with Crippen LogP contribution in [0.25, 0.3) is 11.1 Å². The van der Waals surface area contributed by atoms with Gasteiger partial charge in [0.05, 0.1) is 23.8 Å². The van der Waals surface area contributed by atoms with Crippen LogP contribution in [0, 0.1) is 25.2 Å². The Bertz CT molecular complexity index is 1760. The summed E-state index contributed by atoms with van der Waals surface area (Å²) in [5.41, 5.74) is 5.29. The molecule has 0 spiro atoms. The van der Waals surface area contributed by atoms with E-state index in [1.54, 1.807) is 24.4 Å². The molecule has 0 saturated carbocycles. The van der Waals surface area contributed by atoms with E-state index in [0.29, 0.717) is 39.8 Å². The maximum Gasteiger partial charge on any atom is 0.326 e. The van der Waals surface area contributed by atoms with Gasteiger partial charge >= 0.3 is 5.97 Å². The lowest BCUT2D eigenvalue weighted by Gasteiger charge is -2.25. The monoisotopic (exact) mass is 721 g/mol. The van der Waals surface area contributed by atoms with Crippen LogP contribution >= 0.6 is 27.5 Å². The van der Waals surface area contributed by atoms with E-state index in [1.165, 1.54) is 13.1 Å². The lowest BCUT2D eigenvalue weighted by atomic mass is 9.93. The summed E-state index contributed by atoms with van der Waals surface area (Å²) in [6, 6.07) is 19.2. The number of halogens is 2. The Morgan fingerprint density at radius 2 is 1.70 bits per heavy atom. The molecule has 3 aromatic carbocycles. The third-order valence-corrected chi connectivity index (χ3v) is 8.69. The molecule has 0 aliphatic carbocycles. The number of benzene rings is 3. The third kappa shape index (κ3) is 9.02. The van der Waals surface area contributed by atoms with Crippen LogP contribution in [0.1, 0.15) is 46.7 Å². The van der Waals surface area contributed by atoms with Gasteiger partial charge in [0.2, 0.25) is 0 Å². The standard InChI is InChI=1S/C36H37BrClN3O6/c1-23-27(7-4-8-29(23)30-9-5-10-32(24(30)2)45-12-6-11-37)21-47-34-15-33(46-20-26-13-25(16-39)17-40-18-26)28(14-31(34)38)19-41-36(3,22-42)35(43)44/h4-5,7-10,13-15,17-18,41-42H,6,11-12,19-22H2,1-3H3,(H,43,44). The van der Waals surface area contributed by atoms with Crippen LogP contribution in [0.5, 0.6) is 17.2 Å². The summed E-state index contributed by atoms with van der Waals surface area (Å²) < 4.78 is 18.4. The number of carboxylic acid groups (broad SMARTS) is 1. The van der Waals surface area contributed by atoms with E-state index < -0.39 is 18.1 Å². The number of nitriles is 1. The smallest absolute Gasteiger partial charge is 0.326 e. The summed E-state index contributed by atoms with van der Waals surface area (Å²) in [5, 5.41) is 32.6. The quantitative estimate of drug-likeness (QED) is 0.0815. The van der Waals surface area contributed by atoms with E-state index in [-0.39, 0.29) is 19.8 Å². The minimum atomic E-state index is -1.58. The van der Waals surface area contributed by atoms with Crippen LogP contribution in [0.2, 0.25) is 5.02 Å². The second-order valence-corrected chi connectivity index (χ2v) is 12.4. The highest BCUT2D eigenvalue weighted by molar-refractivity contribution is 9.09. The molecule has 0 radical (unpaired) electrons. The van der Waals surface area contributed by atoms with E-state index >= 15 is 0 Å². The van der Waals surface area contributed by atoms with Crippen LogP contribution in [0.3, 0.4) is 0 Å². The molecule has 1 heterocycles. The molecule has 47 heavy (non-hydrogen) atoms. The molecular weight excluding hydrogens is 686 g/mol. The number of aliphatic hydroxyl groups is 1. The van der Waals surface area contributed by atoms with Gasteiger partial charge in [-0.1, -0.05) is 57.9 Å². The van der Waals surface area contributed by atoms with Crippen molar-refractivity contribution in [1.82, 2.24) is 10.3 Å². The third-order valence-electron chi connectivity index (χ3n) is 7.83. The molecule has 4 rings (SSSR count). The Morgan fingerprint density at radius 1 is 0.979 bits per heavy atom. The molecule has 4 aromatic rings. The number of carboxylic acids is 1. The van der Waals surface area contributed by atoms with Crippen LogP contribution in [0.15, 0.2) is 67.0 Å². The van der Waals surface area contributed by atoms with E-state index in [1.807, 2.05) is 24.3 Å². The van der Waals surface area contributed by atoms with Crippen molar-refractivity contribution in [2.45, 2.75) is 52.5 Å². The molecule has 1 atom stereocenters. The first kappa shape index (κ1) is 35.7. The first-order valence-corrected chi connectivity index (χ1v) is 16.5. The van der Waals surface area contributed by atoms with Crippen molar-refractivity contribution < 1.29 is 29.2 Å². The van der Waals surface area contributed by atoms with E-state index in [4.69, 9.17) is 25.8 Å². The van der Waals surface area contributed by atoms with Crippen molar-refractivity contribution in [3.63, 3.8) is 0 Å². The second kappa shape index (κ2) is 16.6. The molecule has 1 aromatic heterocycles. The molecule has 9 nitrogen and oxygen atoms in total. The normalized spacial score (nSPS) is 12.2. The van der Waals surface area contributed by atoms with Crippen molar-refractivity contribution >= 4 is 33.5 Å². The number of hydrogen-bond acceptors (Lipinski definition) is 8. The van der Waals surface area contributed by atoms with Crippen LogP contribution in [0.4, 0.5) is 0 Å². The van der Waals surface area contributed by atoms with Crippen LogP contribution in [-0.4, -0.2) is 45.2 Å². The van der Waals surface area contributed by atoms with Gasteiger partial charge < -0.3 is 24.4 Å². The highest BCUT2D eigenvalue weighted by atomic mass is 79.9. The molecule has 246 valence electrons. The largest absolute Gasteiger partial charge is 0.493 e. The zero-order valence-electron chi connectivity index (χ0n) is 26.5. The first-order valence-electron chi connectivity index (χ1n) is 15.0. The van der Waals surface area contributed by atoms with Gasteiger partial charge in [-0.05, 0) is 73.2 Å². The highest BCUT2D eigenvalue weighted by Gasteiger charge is 2.32. The number of aliphatic hydroxyl groups excluding tert-OH is 1. The lowest BCUT2D eigenvalue weighted by molar-refractivity contribution is -0.145. The van der Waals surface area contributed by atoms with Crippen molar-refractivity contribution in [3.05, 3.63) is 105 Å². The fourth-order valence-corrected chi connectivity index (χ4v) is 5.29. The minimum Gasteiger partial charge on any atom is -0.493 e. The summed E-state index contributed by atoms with van der Waals surface area (Å²) in [6.07, 6.45) is 3.98. The van der Waals surface area contributed by atoms with Gasteiger partial charge in [-0.2, -0.15) is 5.26 Å². The molecule has 11 heteroatoms. The molecular formula is C36H37BrClN3O6. The summed E-state index contributed by atoms with van der Waals surface area (Å²) in [6.45, 7) is 5.87. The number of alkyl halides is 1. The van der Waals surface area contributed by atoms with Crippen molar-refractivity contribution in [3.8, 4) is 34.4 Å². The number of hydrogen-bond donors (Lipinski definition) is 3. The number of carbonyl (C=O) groups is 1. The van der Waals surface area contributed by atoms with Gasteiger partial charge in [0.1, 0.15) is 42.1 Å². The topological polar surface area (TPSA) is 134 Å². The molecule has 0 aliphatic heterocycles. The Balaban J connectivity index is 1.60. The van der Waals surface area contributed by atoms with Gasteiger partial charge in [-0.25, -0.2) is 0 Å². The number of aromatic nitrogens is 1. The van der Waals surface area contributed by atoms with Gasteiger partial charge in [-0.15, -0.1) is 0 Å². The number of nitrogens with zero attached hydrogens (tertiary/aromatic N) is 2. The Kier molecular flexibility index (Phi) is 12.6. The van der Waals surface area contributed by atoms with Crippen molar-refractivity contribution in [1.29, 1.82) is 5.26 Å². The molecule has 1 unspecified atom stereocenters. The first-order chi connectivity index (χ1) is 22.6. The highest BCUT2D eigenvalue weighted by Crippen LogP contribution is 2.36. The van der Waals surface area contributed by atoms with Crippen LogP contribution < -0.4 is 19.5 Å². The molecule has 0 aliphatic rings. The van der Waals surface area contributed by atoms with E-state index in [2.05, 4.69) is 58.3 Å². The predicted molar refractivity (Wildman–Crippen MR) is 184 cm³/mol. The summed E-state index contributed by atoms with van der Waals surface area (Å²) in [4.78, 5) is 15.8. The van der Waals surface area contributed by atoms with Gasteiger partial charge in [0, 0.05) is 41.5 Å². The fraction of sp³-hybridized carbons (Fsp3) is 0.306. The van der Waals surface area contributed by atoms with Crippen molar-refractivity contribution in [2.24, 2.45) is 0 Å². The molecule has 0 saturated heterocycles. The maximum atomic E-state index is 11.8.